The quantitative estimate of drug-likeness (QED) is 0.685. The highest BCUT2D eigenvalue weighted by Crippen LogP contribution is 2.26. The van der Waals surface area contributed by atoms with E-state index >= 15 is 0 Å². The molecule has 0 unspecified atom stereocenters. The summed E-state index contributed by atoms with van der Waals surface area (Å²) in [7, 11) is 1.52. The second kappa shape index (κ2) is 6.14. The van der Waals surface area contributed by atoms with Crippen molar-refractivity contribution in [3.63, 3.8) is 0 Å². The highest BCUT2D eigenvalue weighted by Gasteiger charge is 2.19. The summed E-state index contributed by atoms with van der Waals surface area (Å²) in [6, 6.07) is 1.49. The van der Waals surface area contributed by atoms with Crippen LogP contribution in [0.2, 0.25) is 0 Å². The number of halogens is 2. The minimum absolute atomic E-state index is 0.186. The highest BCUT2D eigenvalue weighted by molar-refractivity contribution is 7.18. The van der Waals surface area contributed by atoms with Crippen molar-refractivity contribution in [3.05, 3.63) is 21.4 Å². The van der Waals surface area contributed by atoms with E-state index in [4.69, 9.17) is 33.3 Å². The summed E-state index contributed by atoms with van der Waals surface area (Å²) in [6.07, 6.45) is 0. The summed E-state index contributed by atoms with van der Waals surface area (Å²) in [6.45, 7) is 2.01. The molecule has 1 heterocycles. The number of thiophene rings is 1. The standard InChI is InChI=1S/C10H10Cl2N2O2S/c1-3-16-10(15)6-4-5(8(11)13)7(17-6)9(12)14-2/h4,13H,3H2,1-2H3. The number of ether oxygens (including phenoxy) is 1. The molecule has 0 aliphatic heterocycles. The number of rotatable bonds is 4. The molecule has 0 saturated heterocycles. The Bertz CT molecular complexity index is 483. The lowest BCUT2D eigenvalue weighted by Crippen LogP contribution is -2.01. The molecule has 0 aromatic carbocycles. The zero-order valence-corrected chi connectivity index (χ0v) is 11.5. The van der Waals surface area contributed by atoms with Gasteiger partial charge < -0.3 is 4.74 Å². The molecule has 0 fully saturated rings. The molecule has 0 amide bonds. The third kappa shape index (κ3) is 3.28. The maximum atomic E-state index is 11.5. The van der Waals surface area contributed by atoms with Crippen molar-refractivity contribution < 1.29 is 9.53 Å². The summed E-state index contributed by atoms with van der Waals surface area (Å²) in [5.74, 6) is -0.455. The van der Waals surface area contributed by atoms with E-state index in [1.54, 1.807) is 6.92 Å². The van der Waals surface area contributed by atoms with Crippen LogP contribution in [0.25, 0.3) is 0 Å². The molecule has 0 aliphatic carbocycles. The monoisotopic (exact) mass is 292 g/mol. The van der Waals surface area contributed by atoms with E-state index in [2.05, 4.69) is 4.99 Å². The number of nitrogens with zero attached hydrogens (tertiary/aromatic N) is 1. The van der Waals surface area contributed by atoms with Crippen LogP contribution in [0.4, 0.5) is 0 Å². The first-order valence-corrected chi connectivity index (χ1v) is 6.26. The topological polar surface area (TPSA) is 62.5 Å². The SMILES string of the molecule is CCOC(=O)c1cc(C(=N)Cl)c(C(Cl)=NC)s1. The molecule has 1 aromatic heterocycles. The Hall–Kier alpha value is -0.910. The first-order chi connectivity index (χ1) is 8.01. The average molecular weight is 293 g/mol. The van der Waals surface area contributed by atoms with Gasteiger partial charge in [-0.3, -0.25) is 10.4 Å². The molecule has 0 atom stereocenters. The Labute approximate surface area is 113 Å². The van der Waals surface area contributed by atoms with Crippen LogP contribution >= 0.6 is 34.5 Å². The van der Waals surface area contributed by atoms with Crippen LogP contribution in [0.15, 0.2) is 11.1 Å². The average Bonchev–Trinajstić information content (AvgIpc) is 2.73. The predicted octanol–water partition coefficient (Wildman–Crippen LogP) is 3.10. The molecular weight excluding hydrogens is 283 g/mol. The van der Waals surface area contributed by atoms with Crippen LogP contribution in [0.1, 0.15) is 27.0 Å². The zero-order chi connectivity index (χ0) is 13.0. The first kappa shape index (κ1) is 14.2. The fourth-order valence-corrected chi connectivity index (χ4v) is 2.52. The Kier molecular flexibility index (Phi) is 5.11. The lowest BCUT2D eigenvalue weighted by molar-refractivity contribution is 0.0532. The van der Waals surface area contributed by atoms with Crippen LogP contribution in [0, 0.1) is 5.41 Å². The van der Waals surface area contributed by atoms with Crippen LogP contribution < -0.4 is 0 Å². The number of carbonyl (C=O) groups is 1. The van der Waals surface area contributed by atoms with Crippen molar-refractivity contribution >= 4 is 50.8 Å². The molecule has 0 radical (unpaired) electrons. The summed E-state index contributed by atoms with van der Waals surface area (Å²) >= 11 is 12.6. The minimum Gasteiger partial charge on any atom is -0.462 e. The Morgan fingerprint density at radius 3 is 2.71 bits per heavy atom. The second-order valence-corrected chi connectivity index (χ2v) is 4.69. The molecule has 7 heteroatoms. The van der Waals surface area contributed by atoms with Gasteiger partial charge >= 0.3 is 5.97 Å². The summed E-state index contributed by atoms with van der Waals surface area (Å²) in [5, 5.41) is 7.43. The van der Waals surface area contributed by atoms with Crippen molar-refractivity contribution in [2.75, 3.05) is 13.7 Å². The molecule has 0 aliphatic rings. The largest absolute Gasteiger partial charge is 0.462 e. The lowest BCUT2D eigenvalue weighted by atomic mass is 10.2. The van der Waals surface area contributed by atoms with Gasteiger partial charge in [-0.05, 0) is 13.0 Å². The summed E-state index contributed by atoms with van der Waals surface area (Å²) in [4.78, 5) is 16.2. The Morgan fingerprint density at radius 2 is 2.24 bits per heavy atom. The molecule has 17 heavy (non-hydrogen) atoms. The smallest absolute Gasteiger partial charge is 0.348 e. The van der Waals surface area contributed by atoms with Gasteiger partial charge in [0.1, 0.15) is 15.2 Å². The number of esters is 1. The van der Waals surface area contributed by atoms with Gasteiger partial charge in [0.2, 0.25) is 0 Å². The molecule has 1 N–H and O–H groups in total. The van der Waals surface area contributed by atoms with Gasteiger partial charge in [0.05, 0.1) is 11.5 Å². The van der Waals surface area contributed by atoms with Crippen LogP contribution in [-0.2, 0) is 4.74 Å². The maximum absolute atomic E-state index is 11.5. The fourth-order valence-electron chi connectivity index (χ4n) is 1.11. The third-order valence-electron chi connectivity index (χ3n) is 1.83. The Balaban J connectivity index is 3.22. The van der Waals surface area contributed by atoms with E-state index in [0.717, 1.165) is 11.3 Å². The predicted molar refractivity (Wildman–Crippen MR) is 71.3 cm³/mol. The van der Waals surface area contributed by atoms with Gasteiger partial charge in [0.25, 0.3) is 0 Å². The number of nitrogens with one attached hydrogen (secondary N) is 1. The molecule has 1 aromatic rings. The lowest BCUT2D eigenvalue weighted by Gasteiger charge is -1.96. The molecule has 0 bridgehead atoms. The van der Waals surface area contributed by atoms with E-state index < -0.39 is 5.97 Å². The molecule has 0 saturated carbocycles. The minimum atomic E-state index is -0.455. The first-order valence-electron chi connectivity index (χ1n) is 4.69. The van der Waals surface area contributed by atoms with Crippen molar-refractivity contribution in [1.82, 2.24) is 0 Å². The molecule has 92 valence electrons. The van der Waals surface area contributed by atoms with Gasteiger partial charge in [-0.25, -0.2) is 4.79 Å². The summed E-state index contributed by atoms with van der Waals surface area (Å²) in [5.41, 5.74) is 0.385. The third-order valence-corrected chi connectivity index (χ3v) is 3.62. The van der Waals surface area contributed by atoms with E-state index in [0.29, 0.717) is 15.3 Å². The van der Waals surface area contributed by atoms with Gasteiger partial charge in [0.15, 0.2) is 0 Å². The van der Waals surface area contributed by atoms with Crippen molar-refractivity contribution in [1.29, 1.82) is 5.41 Å². The van der Waals surface area contributed by atoms with Crippen LogP contribution in [0.3, 0.4) is 0 Å². The summed E-state index contributed by atoms with van der Waals surface area (Å²) < 4.78 is 4.86. The van der Waals surface area contributed by atoms with Gasteiger partial charge in [-0.1, -0.05) is 23.2 Å². The Morgan fingerprint density at radius 1 is 1.59 bits per heavy atom. The highest BCUT2D eigenvalue weighted by atomic mass is 35.5. The molecular formula is C10H10Cl2N2O2S. The number of carbonyl (C=O) groups excluding carboxylic acids is 1. The zero-order valence-electron chi connectivity index (χ0n) is 9.21. The van der Waals surface area contributed by atoms with Gasteiger partial charge in [-0.15, -0.1) is 11.3 Å². The van der Waals surface area contributed by atoms with E-state index in [1.165, 1.54) is 13.1 Å². The van der Waals surface area contributed by atoms with Gasteiger partial charge in [0, 0.05) is 12.6 Å². The van der Waals surface area contributed by atoms with E-state index in [9.17, 15) is 4.79 Å². The fraction of sp³-hybridized carbons (Fsp3) is 0.300. The molecule has 4 nitrogen and oxygen atoms in total. The maximum Gasteiger partial charge on any atom is 0.348 e. The van der Waals surface area contributed by atoms with E-state index in [-0.39, 0.29) is 16.9 Å². The number of aliphatic imine (C=N–C) groups is 1. The normalized spacial score (nSPS) is 11.4. The van der Waals surface area contributed by atoms with E-state index in [1.807, 2.05) is 0 Å². The number of hydrogen-bond donors (Lipinski definition) is 1. The van der Waals surface area contributed by atoms with Crippen molar-refractivity contribution in [3.8, 4) is 0 Å². The second-order valence-electron chi connectivity index (χ2n) is 2.90. The number of hydrogen-bond acceptors (Lipinski definition) is 5. The van der Waals surface area contributed by atoms with Crippen LogP contribution in [0.5, 0.6) is 0 Å². The molecule has 1 rings (SSSR count). The van der Waals surface area contributed by atoms with Crippen LogP contribution in [-0.4, -0.2) is 30.0 Å². The van der Waals surface area contributed by atoms with Gasteiger partial charge in [-0.2, -0.15) is 0 Å². The van der Waals surface area contributed by atoms with Crippen molar-refractivity contribution in [2.45, 2.75) is 6.92 Å². The van der Waals surface area contributed by atoms with Crippen molar-refractivity contribution in [2.24, 2.45) is 4.99 Å². The molecule has 0 spiro atoms.